The van der Waals surface area contributed by atoms with Gasteiger partial charge in [-0.3, -0.25) is 0 Å². The smallest absolute Gasteiger partial charge is 0.175 e. The summed E-state index contributed by atoms with van der Waals surface area (Å²) in [5.41, 5.74) is 6.81. The van der Waals surface area contributed by atoms with E-state index in [0.717, 1.165) is 18.4 Å². The van der Waals surface area contributed by atoms with Crippen molar-refractivity contribution in [1.82, 2.24) is 0 Å². The molecule has 0 spiro atoms. The summed E-state index contributed by atoms with van der Waals surface area (Å²) in [4.78, 5) is 0.339. The van der Waals surface area contributed by atoms with Gasteiger partial charge < -0.3 is 5.73 Å². The highest BCUT2D eigenvalue weighted by atomic mass is 35.5. The predicted octanol–water partition coefficient (Wildman–Crippen LogP) is 2.31. The van der Waals surface area contributed by atoms with Crippen LogP contribution < -0.4 is 5.73 Å². The fraction of sp³-hybridized carbons (Fsp3) is 0.455. The summed E-state index contributed by atoms with van der Waals surface area (Å²) < 4.78 is 22.6. The van der Waals surface area contributed by atoms with Gasteiger partial charge in [0.15, 0.2) is 9.84 Å². The second-order valence-corrected chi connectivity index (χ2v) is 5.76. The SMILES string of the molecule is CCC[C@@H](N)c1cccc(S(C)(=O)=O)c1.Cl. The molecule has 1 rings (SSSR count). The van der Waals surface area contributed by atoms with Crippen LogP contribution in [0.15, 0.2) is 29.2 Å². The summed E-state index contributed by atoms with van der Waals surface area (Å²) in [6.07, 6.45) is 3.06. The number of nitrogens with two attached hydrogens (primary N) is 1. The zero-order valence-corrected chi connectivity index (χ0v) is 11.1. The molecule has 0 aliphatic carbocycles. The van der Waals surface area contributed by atoms with Gasteiger partial charge in [-0.15, -0.1) is 12.4 Å². The molecule has 0 bridgehead atoms. The van der Waals surface area contributed by atoms with Crippen LogP contribution in [0.3, 0.4) is 0 Å². The van der Waals surface area contributed by atoms with Crippen LogP contribution in [0.25, 0.3) is 0 Å². The van der Waals surface area contributed by atoms with Crippen LogP contribution in [0, 0.1) is 0 Å². The summed E-state index contributed by atoms with van der Waals surface area (Å²) in [5, 5.41) is 0. The number of sulfone groups is 1. The van der Waals surface area contributed by atoms with Crippen molar-refractivity contribution in [2.75, 3.05) is 6.26 Å². The van der Waals surface area contributed by atoms with Crippen molar-refractivity contribution in [2.24, 2.45) is 5.73 Å². The van der Waals surface area contributed by atoms with Gasteiger partial charge in [0.05, 0.1) is 4.90 Å². The Labute approximate surface area is 103 Å². The molecular formula is C11H18ClNO2S. The van der Waals surface area contributed by atoms with Crippen molar-refractivity contribution in [1.29, 1.82) is 0 Å². The number of halogens is 1. The molecule has 0 fully saturated rings. The first-order valence-electron chi connectivity index (χ1n) is 5.00. The van der Waals surface area contributed by atoms with E-state index in [-0.39, 0.29) is 18.4 Å². The third-order valence-corrected chi connectivity index (χ3v) is 3.42. The lowest BCUT2D eigenvalue weighted by molar-refractivity contribution is 0.600. The molecule has 2 N–H and O–H groups in total. The van der Waals surface area contributed by atoms with Gasteiger partial charge in [-0.1, -0.05) is 25.5 Å². The Hall–Kier alpha value is -0.580. The van der Waals surface area contributed by atoms with E-state index in [1.165, 1.54) is 6.26 Å². The van der Waals surface area contributed by atoms with E-state index in [4.69, 9.17) is 5.73 Å². The minimum absolute atomic E-state index is 0. The third-order valence-electron chi connectivity index (χ3n) is 2.31. The second kappa shape index (κ2) is 6.23. The van der Waals surface area contributed by atoms with Crippen molar-refractivity contribution in [3.05, 3.63) is 29.8 Å². The van der Waals surface area contributed by atoms with Gasteiger partial charge in [0.25, 0.3) is 0 Å². The molecule has 0 aromatic heterocycles. The third kappa shape index (κ3) is 4.12. The Kier molecular flexibility index (Phi) is 6.00. The maximum atomic E-state index is 11.3. The predicted molar refractivity (Wildman–Crippen MR) is 68.6 cm³/mol. The zero-order chi connectivity index (χ0) is 11.5. The Morgan fingerprint density at radius 3 is 2.50 bits per heavy atom. The van der Waals surface area contributed by atoms with Gasteiger partial charge >= 0.3 is 0 Å². The van der Waals surface area contributed by atoms with E-state index in [2.05, 4.69) is 6.92 Å². The minimum Gasteiger partial charge on any atom is -0.324 e. The maximum Gasteiger partial charge on any atom is 0.175 e. The molecule has 92 valence electrons. The van der Waals surface area contributed by atoms with E-state index in [0.29, 0.717) is 4.90 Å². The monoisotopic (exact) mass is 263 g/mol. The molecule has 16 heavy (non-hydrogen) atoms. The standard InChI is InChI=1S/C11H17NO2S.ClH/c1-3-5-11(12)9-6-4-7-10(8-9)15(2,13)14;/h4,6-8,11H,3,5,12H2,1-2H3;1H/t11-;/m1./s1. The molecule has 1 atom stereocenters. The molecule has 1 aromatic carbocycles. The highest BCUT2D eigenvalue weighted by molar-refractivity contribution is 7.90. The second-order valence-electron chi connectivity index (χ2n) is 3.74. The first kappa shape index (κ1) is 15.4. The van der Waals surface area contributed by atoms with Crippen molar-refractivity contribution in [3.63, 3.8) is 0 Å². The Morgan fingerprint density at radius 1 is 1.38 bits per heavy atom. The summed E-state index contributed by atoms with van der Waals surface area (Å²) in [7, 11) is -3.13. The molecule has 0 amide bonds. The first-order chi connectivity index (χ1) is 6.95. The van der Waals surface area contributed by atoms with Crippen molar-refractivity contribution in [2.45, 2.75) is 30.7 Å². The zero-order valence-electron chi connectivity index (χ0n) is 9.51. The lowest BCUT2D eigenvalue weighted by Crippen LogP contribution is -2.10. The molecule has 5 heteroatoms. The van der Waals surface area contributed by atoms with E-state index >= 15 is 0 Å². The van der Waals surface area contributed by atoms with Gasteiger partial charge in [0.1, 0.15) is 0 Å². The average molecular weight is 264 g/mol. The molecule has 0 radical (unpaired) electrons. The summed E-state index contributed by atoms with van der Waals surface area (Å²) >= 11 is 0. The number of rotatable bonds is 4. The van der Waals surface area contributed by atoms with Crippen LogP contribution in [-0.2, 0) is 9.84 Å². The van der Waals surface area contributed by atoms with Crippen LogP contribution in [0.4, 0.5) is 0 Å². The quantitative estimate of drug-likeness (QED) is 0.907. The Bertz CT molecular complexity index is 431. The fourth-order valence-corrected chi connectivity index (χ4v) is 2.13. The topological polar surface area (TPSA) is 60.2 Å². The van der Waals surface area contributed by atoms with E-state index < -0.39 is 9.84 Å². The molecule has 3 nitrogen and oxygen atoms in total. The summed E-state index contributed by atoms with van der Waals surface area (Å²) in [6, 6.07) is 6.79. The highest BCUT2D eigenvalue weighted by Gasteiger charge is 2.10. The molecule has 1 aromatic rings. The fourth-order valence-electron chi connectivity index (χ4n) is 1.45. The average Bonchev–Trinajstić information content (AvgIpc) is 2.17. The lowest BCUT2D eigenvalue weighted by Gasteiger charge is -2.11. The van der Waals surface area contributed by atoms with Crippen LogP contribution in [0.1, 0.15) is 31.4 Å². The molecule has 0 saturated heterocycles. The first-order valence-corrected chi connectivity index (χ1v) is 6.90. The molecule has 0 aliphatic heterocycles. The molecule has 0 heterocycles. The summed E-state index contributed by atoms with van der Waals surface area (Å²) in [5.74, 6) is 0. The van der Waals surface area contributed by atoms with Crippen molar-refractivity contribution >= 4 is 22.2 Å². The number of hydrogen-bond acceptors (Lipinski definition) is 3. The molecular weight excluding hydrogens is 246 g/mol. The van der Waals surface area contributed by atoms with Gasteiger partial charge in [0.2, 0.25) is 0 Å². The number of benzene rings is 1. The van der Waals surface area contributed by atoms with Crippen LogP contribution in [0.2, 0.25) is 0 Å². The van der Waals surface area contributed by atoms with Gasteiger partial charge in [0, 0.05) is 12.3 Å². The molecule has 0 saturated carbocycles. The lowest BCUT2D eigenvalue weighted by atomic mass is 10.0. The maximum absolute atomic E-state index is 11.3. The van der Waals surface area contributed by atoms with E-state index in [9.17, 15) is 8.42 Å². The van der Waals surface area contributed by atoms with Crippen molar-refractivity contribution < 1.29 is 8.42 Å². The van der Waals surface area contributed by atoms with Crippen molar-refractivity contribution in [3.8, 4) is 0 Å². The Balaban J connectivity index is 0.00000225. The van der Waals surface area contributed by atoms with Gasteiger partial charge in [-0.05, 0) is 24.1 Å². The highest BCUT2D eigenvalue weighted by Crippen LogP contribution is 2.19. The summed E-state index contributed by atoms with van der Waals surface area (Å²) in [6.45, 7) is 2.06. The number of hydrogen-bond donors (Lipinski definition) is 1. The van der Waals surface area contributed by atoms with Gasteiger partial charge in [-0.25, -0.2) is 8.42 Å². The van der Waals surface area contributed by atoms with Crippen LogP contribution in [-0.4, -0.2) is 14.7 Å². The van der Waals surface area contributed by atoms with E-state index in [1.54, 1.807) is 18.2 Å². The van der Waals surface area contributed by atoms with Gasteiger partial charge in [-0.2, -0.15) is 0 Å². The normalized spacial score (nSPS) is 12.9. The molecule has 0 aliphatic rings. The van der Waals surface area contributed by atoms with E-state index in [1.807, 2.05) is 6.07 Å². The van der Waals surface area contributed by atoms with Crippen LogP contribution >= 0.6 is 12.4 Å². The minimum atomic E-state index is -3.13. The molecule has 0 unspecified atom stereocenters. The van der Waals surface area contributed by atoms with Crippen LogP contribution in [0.5, 0.6) is 0 Å². The Morgan fingerprint density at radius 2 is 2.00 bits per heavy atom. The largest absolute Gasteiger partial charge is 0.324 e.